The summed E-state index contributed by atoms with van der Waals surface area (Å²) in [6.45, 7) is 6.25. The Balaban J connectivity index is 2.25. The summed E-state index contributed by atoms with van der Waals surface area (Å²) in [4.78, 5) is 22.5. The Morgan fingerprint density at radius 1 is 1.47 bits per heavy atom. The summed E-state index contributed by atoms with van der Waals surface area (Å²) < 4.78 is 0. The third-order valence-corrected chi connectivity index (χ3v) is 4.84. The zero-order valence-corrected chi connectivity index (χ0v) is 10.9. The first-order valence-electron chi connectivity index (χ1n) is 6.47. The van der Waals surface area contributed by atoms with Gasteiger partial charge in [0.15, 0.2) is 0 Å². The molecule has 0 unspecified atom stereocenters. The van der Waals surface area contributed by atoms with Crippen LogP contribution in [0.4, 0.5) is 0 Å². The number of amides is 2. The van der Waals surface area contributed by atoms with E-state index in [0.29, 0.717) is 12.3 Å². The lowest BCUT2D eigenvalue weighted by Crippen LogP contribution is -2.62. The van der Waals surface area contributed by atoms with Crippen LogP contribution in [0.15, 0.2) is 0 Å². The minimum atomic E-state index is -0.206. The second-order valence-electron chi connectivity index (χ2n) is 6.04. The Hall–Kier alpha value is -1.06. The molecule has 0 aromatic carbocycles. The Morgan fingerprint density at radius 3 is 2.76 bits per heavy atom. The van der Waals surface area contributed by atoms with Gasteiger partial charge >= 0.3 is 0 Å². The molecule has 2 aliphatic rings. The average molecular weight is 238 g/mol. The largest absolute Gasteiger partial charge is 0.353 e. The minimum absolute atomic E-state index is 0.0572. The number of fused-ring (bicyclic) bond motifs is 2. The third-order valence-electron chi connectivity index (χ3n) is 4.84. The van der Waals surface area contributed by atoms with Gasteiger partial charge in [-0.25, -0.2) is 0 Å². The van der Waals surface area contributed by atoms with Gasteiger partial charge in [0.05, 0.1) is 11.6 Å². The van der Waals surface area contributed by atoms with E-state index in [-0.39, 0.29) is 22.9 Å². The third kappa shape index (κ3) is 1.74. The van der Waals surface area contributed by atoms with E-state index in [1.54, 1.807) is 0 Å². The van der Waals surface area contributed by atoms with Crippen molar-refractivity contribution in [3.63, 3.8) is 0 Å². The molecule has 2 bridgehead atoms. The van der Waals surface area contributed by atoms with Gasteiger partial charge in [-0.15, -0.1) is 0 Å². The zero-order valence-electron chi connectivity index (χ0n) is 10.9. The number of rotatable bonds is 4. The van der Waals surface area contributed by atoms with E-state index in [1.165, 1.54) is 0 Å². The summed E-state index contributed by atoms with van der Waals surface area (Å²) in [5.41, 5.74) is -0.137. The normalized spacial score (nSPS) is 37.8. The van der Waals surface area contributed by atoms with Crippen LogP contribution in [0, 0.1) is 11.3 Å². The quantitative estimate of drug-likeness (QED) is 0.723. The molecule has 0 spiro atoms. The summed E-state index contributed by atoms with van der Waals surface area (Å²) >= 11 is 0. The van der Waals surface area contributed by atoms with Crippen molar-refractivity contribution in [2.45, 2.75) is 58.0 Å². The smallest absolute Gasteiger partial charge is 0.220 e. The predicted octanol–water partition coefficient (Wildman–Crippen LogP) is 1.21. The zero-order chi connectivity index (χ0) is 12.7. The molecule has 2 rings (SSSR count). The fraction of sp³-hybridized carbons (Fsp3) is 0.846. The maximum atomic E-state index is 11.7. The van der Waals surface area contributed by atoms with E-state index in [9.17, 15) is 9.59 Å². The van der Waals surface area contributed by atoms with Gasteiger partial charge in [-0.2, -0.15) is 0 Å². The topological polar surface area (TPSA) is 58.2 Å². The highest BCUT2D eigenvalue weighted by Crippen LogP contribution is 2.57. The molecule has 0 aromatic rings. The Bertz CT molecular complexity index is 340. The number of hydrogen-bond donors (Lipinski definition) is 2. The lowest BCUT2D eigenvalue weighted by atomic mass is 9.71. The van der Waals surface area contributed by atoms with Crippen molar-refractivity contribution in [2.75, 3.05) is 0 Å². The molecule has 2 saturated carbocycles. The molecule has 0 heterocycles. The number of carbonyl (C=O) groups is 2. The van der Waals surface area contributed by atoms with Crippen LogP contribution >= 0.6 is 0 Å². The molecule has 0 aliphatic heterocycles. The lowest BCUT2D eigenvalue weighted by molar-refractivity contribution is -0.124. The van der Waals surface area contributed by atoms with Crippen LogP contribution in [-0.2, 0) is 9.59 Å². The fourth-order valence-electron chi connectivity index (χ4n) is 3.91. The van der Waals surface area contributed by atoms with Crippen molar-refractivity contribution in [1.82, 2.24) is 10.6 Å². The van der Waals surface area contributed by atoms with E-state index in [4.69, 9.17) is 0 Å². The Morgan fingerprint density at radius 2 is 2.18 bits per heavy atom. The van der Waals surface area contributed by atoms with Crippen molar-refractivity contribution in [3.8, 4) is 0 Å². The fourth-order valence-corrected chi connectivity index (χ4v) is 3.91. The first-order chi connectivity index (χ1) is 7.96. The highest BCUT2D eigenvalue weighted by Gasteiger charge is 2.62. The highest BCUT2D eigenvalue weighted by atomic mass is 16.2. The summed E-state index contributed by atoms with van der Waals surface area (Å²) in [6.07, 6.45) is 4.40. The molecule has 2 N–H and O–H groups in total. The van der Waals surface area contributed by atoms with Gasteiger partial charge in [-0.05, 0) is 30.6 Å². The summed E-state index contributed by atoms with van der Waals surface area (Å²) in [5.74, 6) is 0.679. The highest BCUT2D eigenvalue weighted by molar-refractivity contribution is 5.77. The average Bonchev–Trinajstić information content (AvgIpc) is 2.77. The standard InChI is InChI=1S/C13H22N2O2/c1-4-10(17)15-13-6-5-9(7-13)12(2,3)11(13)14-8-16/h8-9,11H,4-7H2,1-3H3,(H,14,16)(H,15,17)/t9-,11-,13-/m1/s1. The van der Waals surface area contributed by atoms with Crippen LogP contribution in [0.5, 0.6) is 0 Å². The maximum absolute atomic E-state index is 11.7. The SMILES string of the molecule is CCC(=O)N[C@]12CC[C@H](C1)C(C)(C)[C@H]2NC=O. The van der Waals surface area contributed by atoms with Crippen LogP contribution in [0.2, 0.25) is 0 Å². The van der Waals surface area contributed by atoms with E-state index in [1.807, 2.05) is 6.92 Å². The van der Waals surface area contributed by atoms with E-state index >= 15 is 0 Å². The molecular formula is C13H22N2O2. The maximum Gasteiger partial charge on any atom is 0.220 e. The van der Waals surface area contributed by atoms with Crippen molar-refractivity contribution in [2.24, 2.45) is 11.3 Å². The van der Waals surface area contributed by atoms with Crippen molar-refractivity contribution in [3.05, 3.63) is 0 Å². The number of hydrogen-bond acceptors (Lipinski definition) is 2. The van der Waals surface area contributed by atoms with Gasteiger partial charge in [0.2, 0.25) is 12.3 Å². The molecule has 4 heteroatoms. The second-order valence-corrected chi connectivity index (χ2v) is 6.04. The Kier molecular flexibility index (Phi) is 2.92. The Labute approximate surface area is 103 Å². The van der Waals surface area contributed by atoms with E-state index in [0.717, 1.165) is 25.7 Å². The van der Waals surface area contributed by atoms with Crippen molar-refractivity contribution >= 4 is 12.3 Å². The van der Waals surface area contributed by atoms with Gasteiger partial charge < -0.3 is 10.6 Å². The second kappa shape index (κ2) is 4.00. The lowest BCUT2D eigenvalue weighted by Gasteiger charge is -2.44. The molecule has 0 saturated heterocycles. The first-order valence-corrected chi connectivity index (χ1v) is 6.47. The molecule has 3 atom stereocenters. The molecule has 2 fully saturated rings. The first kappa shape index (κ1) is 12.4. The van der Waals surface area contributed by atoms with E-state index in [2.05, 4.69) is 24.5 Å². The van der Waals surface area contributed by atoms with Crippen LogP contribution in [-0.4, -0.2) is 23.9 Å². The predicted molar refractivity (Wildman–Crippen MR) is 65.3 cm³/mol. The van der Waals surface area contributed by atoms with Gasteiger partial charge in [0.1, 0.15) is 0 Å². The molecule has 2 amide bonds. The van der Waals surface area contributed by atoms with Gasteiger partial charge in [-0.1, -0.05) is 20.8 Å². The van der Waals surface area contributed by atoms with Crippen molar-refractivity contribution in [1.29, 1.82) is 0 Å². The minimum Gasteiger partial charge on any atom is -0.353 e. The molecule has 17 heavy (non-hydrogen) atoms. The van der Waals surface area contributed by atoms with Crippen LogP contribution in [0.1, 0.15) is 46.5 Å². The molecule has 2 aliphatic carbocycles. The van der Waals surface area contributed by atoms with Gasteiger partial charge in [-0.3, -0.25) is 9.59 Å². The molecule has 4 nitrogen and oxygen atoms in total. The summed E-state index contributed by atoms with van der Waals surface area (Å²) in [7, 11) is 0. The summed E-state index contributed by atoms with van der Waals surface area (Å²) in [6, 6.07) is 0.0572. The van der Waals surface area contributed by atoms with Crippen LogP contribution in [0.3, 0.4) is 0 Å². The monoisotopic (exact) mass is 238 g/mol. The van der Waals surface area contributed by atoms with Crippen molar-refractivity contribution < 1.29 is 9.59 Å². The van der Waals surface area contributed by atoms with E-state index < -0.39 is 0 Å². The number of carbonyl (C=O) groups excluding carboxylic acids is 2. The van der Waals surface area contributed by atoms with Crippen LogP contribution in [0.25, 0.3) is 0 Å². The molecular weight excluding hydrogens is 216 g/mol. The molecule has 0 aromatic heterocycles. The van der Waals surface area contributed by atoms with Crippen LogP contribution < -0.4 is 10.6 Å². The van der Waals surface area contributed by atoms with Gasteiger partial charge in [0.25, 0.3) is 0 Å². The summed E-state index contributed by atoms with van der Waals surface area (Å²) in [5, 5.41) is 6.10. The number of nitrogens with one attached hydrogen (secondary N) is 2. The molecule has 0 radical (unpaired) electrons. The van der Waals surface area contributed by atoms with Gasteiger partial charge in [0, 0.05) is 6.42 Å². The molecule has 96 valence electrons.